The van der Waals surface area contributed by atoms with Gasteiger partial charge in [-0.25, -0.2) is 14.9 Å². The molecule has 1 aromatic carbocycles. The molecule has 1 N–H and O–H groups in total. The summed E-state index contributed by atoms with van der Waals surface area (Å²) in [6.07, 6.45) is 6.13. The summed E-state index contributed by atoms with van der Waals surface area (Å²) in [7, 11) is 2.68. The molecule has 1 heterocycles. The van der Waals surface area contributed by atoms with Gasteiger partial charge in [-0.2, -0.15) is 0 Å². The lowest BCUT2D eigenvalue weighted by atomic mass is 10.1. The first kappa shape index (κ1) is 23.9. The maximum atomic E-state index is 12.4. The number of hydroxylamine groups is 2. The third-order valence-electron chi connectivity index (χ3n) is 4.25. The maximum absolute atomic E-state index is 12.4. The average molecular weight is 433 g/mol. The van der Waals surface area contributed by atoms with Gasteiger partial charge < -0.3 is 19.4 Å². The molecule has 1 unspecified atom stereocenters. The fraction of sp³-hybridized carbons (Fsp3) is 0.429. The third-order valence-corrected chi connectivity index (χ3v) is 4.25. The molecular weight excluding hydrogens is 406 g/mol. The minimum Gasteiger partial charge on any atom is -0.481 e. The molecule has 10 heteroatoms. The number of unbranched alkanes of at least 4 members (excludes halogenated alkanes) is 2. The molecule has 0 saturated carbocycles. The van der Waals surface area contributed by atoms with E-state index in [2.05, 4.69) is 10.1 Å². The van der Waals surface area contributed by atoms with E-state index < -0.39 is 18.3 Å². The van der Waals surface area contributed by atoms with Crippen molar-refractivity contribution in [3.63, 3.8) is 0 Å². The highest BCUT2D eigenvalue weighted by atomic mass is 16.7. The van der Waals surface area contributed by atoms with Crippen LogP contribution in [0.5, 0.6) is 5.75 Å². The summed E-state index contributed by atoms with van der Waals surface area (Å²) in [6, 6.07) is 5.02. The van der Waals surface area contributed by atoms with Crippen LogP contribution in [-0.4, -0.2) is 61.2 Å². The number of nitrogens with zero attached hydrogens (tertiary/aromatic N) is 3. The van der Waals surface area contributed by atoms with Gasteiger partial charge in [0.25, 0.3) is 6.35 Å². The number of carboxylic acids is 1. The van der Waals surface area contributed by atoms with Gasteiger partial charge in [-0.3, -0.25) is 9.63 Å². The van der Waals surface area contributed by atoms with Crippen molar-refractivity contribution in [3.8, 4) is 5.75 Å². The van der Waals surface area contributed by atoms with Crippen molar-refractivity contribution in [2.75, 3.05) is 20.8 Å². The molecular formula is C21H27N3O7. The zero-order chi connectivity index (χ0) is 22.6. The standard InChI is InChI=1S/C21H27N3O7/c1-15-11-12-24(30-13-6-4-5-10-18(25)26)21(23-15)31-17-9-7-8-16(14-22-29-3)19(17)20(27)28-2/h7-9,11-12,14,21H,4-6,10,13H2,1-3H3,(H,25,26). The lowest BCUT2D eigenvalue weighted by Crippen LogP contribution is -2.37. The van der Waals surface area contributed by atoms with Crippen LogP contribution in [0.3, 0.4) is 0 Å². The van der Waals surface area contributed by atoms with E-state index >= 15 is 0 Å². The van der Waals surface area contributed by atoms with E-state index in [9.17, 15) is 9.59 Å². The Morgan fingerprint density at radius 2 is 2.06 bits per heavy atom. The minimum atomic E-state index is -0.859. The SMILES string of the molecule is CON=Cc1cccc(OC2N=C(C)C=CN2OCCCCCC(=O)O)c1C(=O)OC. The molecule has 0 saturated heterocycles. The van der Waals surface area contributed by atoms with Gasteiger partial charge >= 0.3 is 11.9 Å². The van der Waals surface area contributed by atoms with Crippen molar-refractivity contribution >= 4 is 23.9 Å². The highest BCUT2D eigenvalue weighted by molar-refractivity contribution is 6.01. The maximum Gasteiger partial charge on any atom is 0.342 e. The summed E-state index contributed by atoms with van der Waals surface area (Å²) in [5, 5.41) is 13.8. The minimum absolute atomic E-state index is 0.137. The number of hydrogen-bond acceptors (Lipinski definition) is 9. The first-order valence-electron chi connectivity index (χ1n) is 9.76. The molecule has 0 fully saturated rings. The van der Waals surface area contributed by atoms with E-state index in [1.807, 2.05) is 6.92 Å². The summed E-state index contributed by atoms with van der Waals surface area (Å²) in [5.41, 5.74) is 1.37. The number of carboxylic acid groups (broad SMARTS) is 1. The second-order valence-corrected chi connectivity index (χ2v) is 6.56. The van der Waals surface area contributed by atoms with E-state index in [0.29, 0.717) is 25.0 Å². The summed E-state index contributed by atoms with van der Waals surface area (Å²) < 4.78 is 10.9. The first-order chi connectivity index (χ1) is 15.0. The van der Waals surface area contributed by atoms with Crippen molar-refractivity contribution in [1.82, 2.24) is 5.06 Å². The zero-order valence-electron chi connectivity index (χ0n) is 17.8. The molecule has 0 aromatic heterocycles. The normalized spacial score (nSPS) is 15.6. The van der Waals surface area contributed by atoms with Crippen LogP contribution < -0.4 is 4.74 Å². The number of ether oxygens (including phenoxy) is 2. The molecule has 0 aliphatic carbocycles. The largest absolute Gasteiger partial charge is 0.481 e. The van der Waals surface area contributed by atoms with E-state index in [4.69, 9.17) is 24.3 Å². The average Bonchev–Trinajstić information content (AvgIpc) is 2.75. The Labute approximate surface area is 180 Å². The van der Waals surface area contributed by atoms with E-state index in [0.717, 1.165) is 12.1 Å². The predicted molar refractivity (Wildman–Crippen MR) is 113 cm³/mol. The van der Waals surface area contributed by atoms with Crippen LogP contribution in [0.4, 0.5) is 0 Å². The van der Waals surface area contributed by atoms with Crippen molar-refractivity contribution in [1.29, 1.82) is 0 Å². The van der Waals surface area contributed by atoms with Gasteiger partial charge in [0.05, 0.1) is 19.9 Å². The first-order valence-corrected chi connectivity index (χ1v) is 9.76. The highest BCUT2D eigenvalue weighted by Crippen LogP contribution is 2.26. The fourth-order valence-corrected chi connectivity index (χ4v) is 2.74. The smallest absolute Gasteiger partial charge is 0.342 e. The number of oxime groups is 1. The summed E-state index contributed by atoms with van der Waals surface area (Å²) in [6.45, 7) is 2.18. The topological polar surface area (TPSA) is 119 Å². The number of allylic oxidation sites excluding steroid dienone is 1. The van der Waals surface area contributed by atoms with Crippen molar-refractivity contribution in [2.45, 2.75) is 39.0 Å². The molecule has 1 aliphatic heterocycles. The Bertz CT molecular complexity index is 851. The van der Waals surface area contributed by atoms with Crippen molar-refractivity contribution in [3.05, 3.63) is 41.6 Å². The number of hydrogen-bond donors (Lipinski definition) is 1. The zero-order valence-corrected chi connectivity index (χ0v) is 17.8. The van der Waals surface area contributed by atoms with Crippen LogP contribution in [0.1, 0.15) is 48.5 Å². The molecule has 10 nitrogen and oxygen atoms in total. The lowest BCUT2D eigenvalue weighted by Gasteiger charge is -2.30. The Balaban J connectivity index is 2.12. The van der Waals surface area contributed by atoms with Crippen LogP contribution in [0, 0.1) is 0 Å². The molecule has 168 valence electrons. The van der Waals surface area contributed by atoms with Crippen LogP contribution in [0.2, 0.25) is 0 Å². The number of carbonyl (C=O) groups excluding carboxylic acids is 1. The third kappa shape index (κ3) is 7.41. The van der Waals surface area contributed by atoms with Crippen LogP contribution in [0.25, 0.3) is 0 Å². The quantitative estimate of drug-likeness (QED) is 0.231. The number of benzene rings is 1. The summed E-state index contributed by atoms with van der Waals surface area (Å²) in [5.74, 6) is -1.15. The lowest BCUT2D eigenvalue weighted by molar-refractivity contribution is -0.195. The van der Waals surface area contributed by atoms with Gasteiger partial charge in [0.1, 0.15) is 18.4 Å². The highest BCUT2D eigenvalue weighted by Gasteiger charge is 2.25. The number of methoxy groups -OCH3 is 1. The van der Waals surface area contributed by atoms with Crippen LogP contribution in [-0.2, 0) is 19.2 Å². The number of aliphatic carboxylic acids is 1. The Kier molecular flexibility index (Phi) is 9.50. The number of carbonyl (C=O) groups is 2. The van der Waals surface area contributed by atoms with Gasteiger partial charge in [-0.1, -0.05) is 23.7 Å². The Hall–Kier alpha value is -3.40. The van der Waals surface area contributed by atoms with Gasteiger partial charge in [0.2, 0.25) is 0 Å². The van der Waals surface area contributed by atoms with Crippen molar-refractivity contribution in [2.24, 2.45) is 10.1 Å². The van der Waals surface area contributed by atoms with E-state index in [1.165, 1.54) is 25.5 Å². The molecule has 1 aliphatic rings. The molecule has 0 amide bonds. The predicted octanol–water partition coefficient (Wildman–Crippen LogP) is 2.98. The van der Waals surface area contributed by atoms with Crippen molar-refractivity contribution < 1.29 is 33.8 Å². The second-order valence-electron chi connectivity index (χ2n) is 6.56. The summed E-state index contributed by atoms with van der Waals surface area (Å²) in [4.78, 5) is 37.9. The number of esters is 1. The number of rotatable bonds is 12. The second kappa shape index (κ2) is 12.3. The molecule has 31 heavy (non-hydrogen) atoms. The molecule has 1 aromatic rings. The van der Waals surface area contributed by atoms with Crippen LogP contribution >= 0.6 is 0 Å². The molecule has 0 bridgehead atoms. The van der Waals surface area contributed by atoms with Gasteiger partial charge in [-0.15, -0.1) is 0 Å². The Morgan fingerprint density at radius 3 is 2.77 bits per heavy atom. The monoisotopic (exact) mass is 433 g/mol. The molecule has 1 atom stereocenters. The fourth-order valence-electron chi connectivity index (χ4n) is 2.74. The van der Waals surface area contributed by atoms with Crippen LogP contribution in [0.15, 0.2) is 40.6 Å². The van der Waals surface area contributed by atoms with E-state index in [1.54, 1.807) is 30.5 Å². The number of aliphatic imine (C=N–C) groups is 1. The Morgan fingerprint density at radius 1 is 1.26 bits per heavy atom. The molecule has 0 radical (unpaired) electrons. The summed E-state index contributed by atoms with van der Waals surface area (Å²) >= 11 is 0. The molecule has 0 spiro atoms. The van der Waals surface area contributed by atoms with Gasteiger partial charge in [-0.05, 0) is 31.9 Å². The van der Waals surface area contributed by atoms with Gasteiger partial charge in [0, 0.05) is 23.9 Å². The van der Waals surface area contributed by atoms with Gasteiger partial charge in [0.15, 0.2) is 0 Å². The molecule has 2 rings (SSSR count). The van der Waals surface area contributed by atoms with E-state index in [-0.39, 0.29) is 17.7 Å².